The van der Waals surface area contributed by atoms with Crippen LogP contribution in [0.25, 0.3) is 0 Å². The molecule has 1 aliphatic carbocycles. The van der Waals surface area contributed by atoms with E-state index < -0.39 is 0 Å². The van der Waals surface area contributed by atoms with E-state index in [9.17, 15) is 4.79 Å². The maximum atomic E-state index is 12.3. The molecule has 1 saturated carbocycles. The van der Waals surface area contributed by atoms with Crippen LogP contribution in [0.15, 0.2) is 42.9 Å². The van der Waals surface area contributed by atoms with Crippen molar-refractivity contribution in [1.82, 2.24) is 9.55 Å². The fourth-order valence-corrected chi connectivity index (χ4v) is 2.84. The molecule has 1 aromatic heterocycles. The van der Waals surface area contributed by atoms with Gasteiger partial charge in [0.05, 0.1) is 25.2 Å². The fraction of sp³-hybridized carbons (Fsp3) is 0.444. The van der Waals surface area contributed by atoms with Crippen LogP contribution in [0.3, 0.4) is 0 Å². The molecule has 0 saturated heterocycles. The maximum absolute atomic E-state index is 12.3. The average Bonchev–Trinajstić information content (AvgIpc) is 2.99. The van der Waals surface area contributed by atoms with Crippen molar-refractivity contribution in [1.29, 1.82) is 0 Å². The molecule has 0 N–H and O–H groups in total. The minimum Gasteiger partial charge on any atom is -0.461 e. The zero-order valence-electron chi connectivity index (χ0n) is 12.9. The van der Waals surface area contributed by atoms with Crippen LogP contribution in [0.2, 0.25) is 0 Å². The molecule has 0 radical (unpaired) electrons. The standard InChI is InChI=1S/C18H22N2O2/c1-14(16-8-3-2-4-9-16)20-13-19-12-17(20)18(21)22-11-10-15-6-5-7-15/h2-4,8-9,12-15H,5-7,10-11H2,1H3. The predicted molar refractivity (Wildman–Crippen MR) is 84.7 cm³/mol. The number of ether oxygens (including phenoxy) is 1. The number of carbonyl (C=O) groups excluding carboxylic acids is 1. The Hall–Kier alpha value is -2.10. The number of carbonyl (C=O) groups is 1. The second kappa shape index (κ2) is 6.77. The molecule has 0 aliphatic heterocycles. The van der Waals surface area contributed by atoms with Gasteiger partial charge in [-0.25, -0.2) is 9.78 Å². The first-order valence-electron chi connectivity index (χ1n) is 7.99. The van der Waals surface area contributed by atoms with Crippen molar-refractivity contribution in [2.45, 2.75) is 38.6 Å². The number of esters is 1. The van der Waals surface area contributed by atoms with Gasteiger partial charge in [-0.15, -0.1) is 0 Å². The molecule has 116 valence electrons. The molecule has 2 aromatic rings. The van der Waals surface area contributed by atoms with Gasteiger partial charge >= 0.3 is 5.97 Å². The van der Waals surface area contributed by atoms with Gasteiger partial charge in [-0.3, -0.25) is 0 Å². The Bertz CT molecular complexity index is 617. The molecule has 4 nitrogen and oxygen atoms in total. The molecular formula is C18H22N2O2. The Balaban J connectivity index is 1.64. The second-order valence-corrected chi connectivity index (χ2v) is 5.99. The molecule has 1 unspecified atom stereocenters. The predicted octanol–water partition coefficient (Wildman–Crippen LogP) is 3.84. The highest BCUT2D eigenvalue weighted by Gasteiger charge is 2.20. The highest BCUT2D eigenvalue weighted by molar-refractivity contribution is 5.87. The van der Waals surface area contributed by atoms with E-state index in [1.54, 1.807) is 12.5 Å². The molecule has 1 aliphatic rings. The fourth-order valence-electron chi connectivity index (χ4n) is 2.84. The lowest BCUT2D eigenvalue weighted by Crippen LogP contribution is -2.18. The molecule has 0 amide bonds. The molecule has 3 rings (SSSR count). The van der Waals surface area contributed by atoms with Crippen LogP contribution in [0.4, 0.5) is 0 Å². The molecular weight excluding hydrogens is 276 g/mol. The molecule has 1 fully saturated rings. The first kappa shape index (κ1) is 14.8. The zero-order chi connectivity index (χ0) is 15.4. The van der Waals surface area contributed by atoms with Gasteiger partial charge in [-0.1, -0.05) is 49.6 Å². The molecule has 0 spiro atoms. The monoisotopic (exact) mass is 298 g/mol. The van der Waals surface area contributed by atoms with E-state index in [-0.39, 0.29) is 12.0 Å². The van der Waals surface area contributed by atoms with E-state index >= 15 is 0 Å². The normalized spacial score (nSPS) is 16.0. The third kappa shape index (κ3) is 3.21. The van der Waals surface area contributed by atoms with Crippen LogP contribution in [-0.2, 0) is 4.74 Å². The molecule has 1 heterocycles. The topological polar surface area (TPSA) is 44.1 Å². The van der Waals surface area contributed by atoms with Crippen LogP contribution in [0.5, 0.6) is 0 Å². The summed E-state index contributed by atoms with van der Waals surface area (Å²) in [7, 11) is 0. The summed E-state index contributed by atoms with van der Waals surface area (Å²) in [6.45, 7) is 2.57. The van der Waals surface area contributed by atoms with E-state index in [0.717, 1.165) is 17.9 Å². The van der Waals surface area contributed by atoms with Gasteiger partial charge in [0.2, 0.25) is 0 Å². The lowest BCUT2D eigenvalue weighted by atomic mass is 9.83. The Labute approximate surface area is 131 Å². The highest BCUT2D eigenvalue weighted by Crippen LogP contribution is 2.29. The lowest BCUT2D eigenvalue weighted by molar-refractivity contribution is 0.0451. The van der Waals surface area contributed by atoms with Gasteiger partial charge in [0, 0.05) is 0 Å². The lowest BCUT2D eigenvalue weighted by Gasteiger charge is -2.24. The number of nitrogens with zero attached hydrogens (tertiary/aromatic N) is 2. The number of rotatable bonds is 6. The third-order valence-electron chi connectivity index (χ3n) is 4.56. The molecule has 4 heteroatoms. The van der Waals surface area contributed by atoms with Crippen molar-refractivity contribution >= 4 is 5.97 Å². The Kier molecular flexibility index (Phi) is 4.56. The van der Waals surface area contributed by atoms with Crippen molar-refractivity contribution in [3.63, 3.8) is 0 Å². The van der Waals surface area contributed by atoms with Gasteiger partial charge in [-0.05, 0) is 24.8 Å². The number of benzene rings is 1. The van der Waals surface area contributed by atoms with Crippen molar-refractivity contribution in [3.05, 3.63) is 54.1 Å². The number of hydrogen-bond donors (Lipinski definition) is 0. The van der Waals surface area contributed by atoms with Gasteiger partial charge in [-0.2, -0.15) is 0 Å². The van der Waals surface area contributed by atoms with E-state index in [4.69, 9.17) is 4.74 Å². The number of aromatic nitrogens is 2. The van der Waals surface area contributed by atoms with Crippen LogP contribution >= 0.6 is 0 Å². The van der Waals surface area contributed by atoms with Crippen molar-refractivity contribution in [2.75, 3.05) is 6.61 Å². The maximum Gasteiger partial charge on any atom is 0.356 e. The number of imidazole rings is 1. The van der Waals surface area contributed by atoms with Gasteiger partial charge in [0.1, 0.15) is 5.69 Å². The summed E-state index contributed by atoms with van der Waals surface area (Å²) in [5.74, 6) is 0.473. The van der Waals surface area contributed by atoms with E-state index in [0.29, 0.717) is 12.3 Å². The van der Waals surface area contributed by atoms with Crippen LogP contribution < -0.4 is 0 Å². The Morgan fingerprint density at radius 3 is 2.82 bits per heavy atom. The molecule has 1 atom stereocenters. The summed E-state index contributed by atoms with van der Waals surface area (Å²) in [6.07, 6.45) is 8.14. The Morgan fingerprint density at radius 2 is 2.14 bits per heavy atom. The summed E-state index contributed by atoms with van der Waals surface area (Å²) in [6, 6.07) is 10.1. The quantitative estimate of drug-likeness (QED) is 0.761. The molecule has 1 aromatic carbocycles. The average molecular weight is 298 g/mol. The number of hydrogen-bond acceptors (Lipinski definition) is 3. The van der Waals surface area contributed by atoms with Crippen molar-refractivity contribution in [3.8, 4) is 0 Å². The SMILES string of the molecule is CC(c1ccccc1)n1cncc1C(=O)OCCC1CCC1. The van der Waals surface area contributed by atoms with E-state index in [2.05, 4.69) is 24.0 Å². The van der Waals surface area contributed by atoms with E-state index in [1.165, 1.54) is 19.3 Å². The van der Waals surface area contributed by atoms with Crippen molar-refractivity contribution in [2.24, 2.45) is 5.92 Å². The summed E-state index contributed by atoms with van der Waals surface area (Å²) in [5.41, 5.74) is 1.66. The third-order valence-corrected chi connectivity index (χ3v) is 4.56. The Morgan fingerprint density at radius 1 is 1.36 bits per heavy atom. The highest BCUT2D eigenvalue weighted by atomic mass is 16.5. The largest absolute Gasteiger partial charge is 0.461 e. The van der Waals surface area contributed by atoms with Gasteiger partial charge < -0.3 is 9.30 Å². The second-order valence-electron chi connectivity index (χ2n) is 5.99. The molecule has 22 heavy (non-hydrogen) atoms. The minimum atomic E-state index is -0.278. The van der Waals surface area contributed by atoms with Gasteiger partial charge in [0.15, 0.2) is 0 Å². The van der Waals surface area contributed by atoms with Gasteiger partial charge in [0.25, 0.3) is 0 Å². The summed E-state index contributed by atoms with van der Waals surface area (Å²) < 4.78 is 7.30. The summed E-state index contributed by atoms with van der Waals surface area (Å²) >= 11 is 0. The van der Waals surface area contributed by atoms with Crippen molar-refractivity contribution < 1.29 is 9.53 Å². The first-order chi connectivity index (χ1) is 10.8. The minimum absolute atomic E-state index is 0.0536. The zero-order valence-corrected chi connectivity index (χ0v) is 12.9. The van der Waals surface area contributed by atoms with Crippen LogP contribution in [0, 0.1) is 5.92 Å². The summed E-state index contributed by atoms with van der Waals surface area (Å²) in [5, 5.41) is 0. The van der Waals surface area contributed by atoms with Crippen LogP contribution in [0.1, 0.15) is 54.7 Å². The van der Waals surface area contributed by atoms with Crippen LogP contribution in [-0.4, -0.2) is 22.1 Å². The first-order valence-corrected chi connectivity index (χ1v) is 7.99. The summed E-state index contributed by atoms with van der Waals surface area (Å²) in [4.78, 5) is 16.4. The molecule has 0 bridgehead atoms. The van der Waals surface area contributed by atoms with E-state index in [1.807, 2.05) is 22.8 Å². The smallest absolute Gasteiger partial charge is 0.356 e.